The van der Waals surface area contributed by atoms with Gasteiger partial charge in [0.15, 0.2) is 6.10 Å². The minimum atomic E-state index is -0.838. The van der Waals surface area contributed by atoms with Crippen LogP contribution in [0.4, 0.5) is 0 Å². The molecule has 1 unspecified atom stereocenters. The molecule has 5 heteroatoms. The summed E-state index contributed by atoms with van der Waals surface area (Å²) in [6.07, 6.45) is 0.820. The molecule has 2 aromatic heterocycles. The smallest absolute Gasteiger partial charge is 0.154 e. The molecule has 3 rings (SSSR count). The maximum absolute atomic E-state index is 10.4. The molecule has 0 saturated carbocycles. The second kappa shape index (κ2) is 4.51. The van der Waals surface area contributed by atoms with Crippen LogP contribution in [0, 0.1) is 6.92 Å². The molecule has 19 heavy (non-hydrogen) atoms. The lowest BCUT2D eigenvalue weighted by Crippen LogP contribution is -2.06. The van der Waals surface area contributed by atoms with Crippen LogP contribution < -0.4 is 0 Å². The van der Waals surface area contributed by atoms with Crippen LogP contribution in [0.25, 0.3) is 11.0 Å². The summed E-state index contributed by atoms with van der Waals surface area (Å²) in [6, 6.07) is 7.81. The van der Waals surface area contributed by atoms with Crippen molar-refractivity contribution in [3.8, 4) is 0 Å². The maximum Gasteiger partial charge on any atom is 0.154 e. The molecule has 0 radical (unpaired) electrons. The Morgan fingerprint density at radius 2 is 2.16 bits per heavy atom. The zero-order chi connectivity index (χ0) is 13.6. The highest BCUT2D eigenvalue weighted by Gasteiger charge is 2.21. The highest BCUT2D eigenvalue weighted by atomic mass is 79.9. The lowest BCUT2D eigenvalue weighted by molar-refractivity contribution is 0.182. The van der Waals surface area contributed by atoms with Crippen molar-refractivity contribution >= 4 is 26.9 Å². The van der Waals surface area contributed by atoms with Gasteiger partial charge in [-0.25, -0.2) is 0 Å². The molecule has 3 aromatic rings. The van der Waals surface area contributed by atoms with Crippen molar-refractivity contribution in [3.63, 3.8) is 0 Å². The van der Waals surface area contributed by atoms with Crippen molar-refractivity contribution < 1.29 is 9.52 Å². The molecule has 0 aliphatic carbocycles. The first kappa shape index (κ1) is 12.4. The van der Waals surface area contributed by atoms with Gasteiger partial charge in [0.25, 0.3) is 0 Å². The molecule has 98 valence electrons. The highest BCUT2D eigenvalue weighted by Crippen LogP contribution is 2.31. The van der Waals surface area contributed by atoms with Crippen LogP contribution in [-0.2, 0) is 7.05 Å². The molecule has 0 amide bonds. The number of hydrogen-bond donors (Lipinski definition) is 1. The van der Waals surface area contributed by atoms with Crippen LogP contribution in [0.2, 0.25) is 0 Å². The van der Waals surface area contributed by atoms with E-state index in [1.807, 2.05) is 31.2 Å². The predicted molar refractivity (Wildman–Crippen MR) is 75.9 cm³/mol. The molecule has 4 nitrogen and oxygen atoms in total. The quantitative estimate of drug-likeness (QED) is 0.788. The number of halogens is 1. The van der Waals surface area contributed by atoms with E-state index in [4.69, 9.17) is 4.42 Å². The van der Waals surface area contributed by atoms with E-state index < -0.39 is 6.10 Å². The minimum Gasteiger partial charge on any atom is -0.458 e. The largest absolute Gasteiger partial charge is 0.458 e. The SMILES string of the molecule is Cc1ccc2oc(C(O)c3c(Br)cnn3C)cc2c1. The van der Waals surface area contributed by atoms with Gasteiger partial charge < -0.3 is 9.52 Å². The number of rotatable bonds is 2. The van der Waals surface area contributed by atoms with E-state index >= 15 is 0 Å². The average molecular weight is 321 g/mol. The fourth-order valence-electron chi connectivity index (χ4n) is 2.18. The van der Waals surface area contributed by atoms with Gasteiger partial charge in [0.05, 0.1) is 16.4 Å². The zero-order valence-corrected chi connectivity index (χ0v) is 12.2. The van der Waals surface area contributed by atoms with E-state index in [-0.39, 0.29) is 0 Å². The van der Waals surface area contributed by atoms with Gasteiger partial charge in [-0.1, -0.05) is 11.6 Å². The third kappa shape index (κ3) is 2.09. The topological polar surface area (TPSA) is 51.2 Å². The third-order valence-corrected chi connectivity index (χ3v) is 3.77. The lowest BCUT2D eigenvalue weighted by atomic mass is 10.1. The molecule has 1 N–H and O–H groups in total. The monoisotopic (exact) mass is 320 g/mol. The van der Waals surface area contributed by atoms with E-state index in [2.05, 4.69) is 21.0 Å². The number of fused-ring (bicyclic) bond motifs is 1. The van der Waals surface area contributed by atoms with Crippen molar-refractivity contribution in [2.45, 2.75) is 13.0 Å². The molecule has 0 aliphatic heterocycles. The number of aromatic nitrogens is 2. The summed E-state index contributed by atoms with van der Waals surface area (Å²) in [5, 5.41) is 15.5. The number of benzene rings is 1. The van der Waals surface area contributed by atoms with E-state index in [0.29, 0.717) is 11.5 Å². The van der Waals surface area contributed by atoms with Crippen molar-refractivity contribution in [2.75, 3.05) is 0 Å². The standard InChI is InChI=1S/C14H13BrN2O2/c1-8-3-4-11-9(5-8)6-12(19-11)14(18)13-10(15)7-16-17(13)2/h3-7,14,18H,1-2H3. The number of nitrogens with zero attached hydrogens (tertiary/aromatic N) is 2. The summed E-state index contributed by atoms with van der Waals surface area (Å²) in [5.74, 6) is 0.518. The number of aliphatic hydroxyl groups excluding tert-OH is 1. The first-order chi connectivity index (χ1) is 9.06. The summed E-state index contributed by atoms with van der Waals surface area (Å²) in [6.45, 7) is 2.03. The Balaban J connectivity index is 2.09. The first-order valence-electron chi connectivity index (χ1n) is 5.92. The Bertz CT molecular complexity index is 726. The van der Waals surface area contributed by atoms with Gasteiger partial charge in [0.1, 0.15) is 11.3 Å². The van der Waals surface area contributed by atoms with Crippen LogP contribution in [0.5, 0.6) is 0 Å². The molecular formula is C14H13BrN2O2. The van der Waals surface area contributed by atoms with Gasteiger partial charge in [0.2, 0.25) is 0 Å². The summed E-state index contributed by atoms with van der Waals surface area (Å²) in [5.41, 5.74) is 2.62. The molecule has 0 aliphatic rings. The first-order valence-corrected chi connectivity index (χ1v) is 6.71. The molecule has 0 spiro atoms. The fourth-order valence-corrected chi connectivity index (χ4v) is 2.75. The molecule has 1 aromatic carbocycles. The fraction of sp³-hybridized carbons (Fsp3) is 0.214. The van der Waals surface area contributed by atoms with E-state index in [1.54, 1.807) is 17.9 Å². The van der Waals surface area contributed by atoms with Gasteiger partial charge in [-0.15, -0.1) is 0 Å². The van der Waals surface area contributed by atoms with Crippen LogP contribution >= 0.6 is 15.9 Å². The van der Waals surface area contributed by atoms with Crippen LogP contribution in [0.3, 0.4) is 0 Å². The summed E-state index contributed by atoms with van der Waals surface area (Å²) in [4.78, 5) is 0. The maximum atomic E-state index is 10.4. The second-order valence-corrected chi connectivity index (χ2v) is 5.45. The highest BCUT2D eigenvalue weighted by molar-refractivity contribution is 9.10. The summed E-state index contributed by atoms with van der Waals surface area (Å²) >= 11 is 3.39. The Hall–Kier alpha value is -1.59. The van der Waals surface area contributed by atoms with E-state index in [0.717, 1.165) is 21.0 Å². The van der Waals surface area contributed by atoms with Gasteiger partial charge in [0, 0.05) is 12.4 Å². The normalized spacial score (nSPS) is 13.1. The Labute approximate surface area is 118 Å². The second-order valence-electron chi connectivity index (χ2n) is 4.59. The summed E-state index contributed by atoms with van der Waals surface area (Å²) < 4.78 is 8.10. The molecule has 0 fully saturated rings. The van der Waals surface area contributed by atoms with E-state index in [9.17, 15) is 5.11 Å². The Morgan fingerprint density at radius 3 is 2.84 bits per heavy atom. The average Bonchev–Trinajstić information content (AvgIpc) is 2.92. The Kier molecular flexibility index (Phi) is 2.95. The van der Waals surface area contributed by atoms with Gasteiger partial charge in [-0.05, 0) is 41.1 Å². The molecule has 1 atom stereocenters. The van der Waals surface area contributed by atoms with Gasteiger partial charge in [-0.3, -0.25) is 4.68 Å². The number of hydrogen-bond acceptors (Lipinski definition) is 3. The van der Waals surface area contributed by atoms with Crippen molar-refractivity contribution in [1.29, 1.82) is 0 Å². The molecular weight excluding hydrogens is 308 g/mol. The minimum absolute atomic E-state index is 0.518. The Morgan fingerprint density at radius 1 is 1.37 bits per heavy atom. The number of aryl methyl sites for hydroxylation is 2. The van der Waals surface area contributed by atoms with E-state index in [1.165, 1.54) is 0 Å². The molecule has 0 bridgehead atoms. The molecule has 0 saturated heterocycles. The van der Waals surface area contributed by atoms with Crippen molar-refractivity contribution in [1.82, 2.24) is 9.78 Å². The number of aliphatic hydroxyl groups is 1. The van der Waals surface area contributed by atoms with Crippen LogP contribution in [0.15, 0.2) is 39.4 Å². The van der Waals surface area contributed by atoms with Crippen molar-refractivity contribution in [2.24, 2.45) is 7.05 Å². The molecule has 2 heterocycles. The van der Waals surface area contributed by atoms with Crippen LogP contribution in [-0.4, -0.2) is 14.9 Å². The van der Waals surface area contributed by atoms with Gasteiger partial charge in [-0.2, -0.15) is 5.10 Å². The predicted octanol–water partition coefficient (Wildman–Crippen LogP) is 3.32. The van der Waals surface area contributed by atoms with Crippen LogP contribution in [0.1, 0.15) is 23.1 Å². The van der Waals surface area contributed by atoms with Gasteiger partial charge >= 0.3 is 0 Å². The third-order valence-electron chi connectivity index (χ3n) is 3.16. The number of furan rings is 1. The zero-order valence-electron chi connectivity index (χ0n) is 10.6. The summed E-state index contributed by atoms with van der Waals surface area (Å²) in [7, 11) is 1.79. The van der Waals surface area contributed by atoms with Crippen molar-refractivity contribution in [3.05, 3.63) is 52.0 Å². The lowest BCUT2D eigenvalue weighted by Gasteiger charge is -2.08.